The first kappa shape index (κ1) is 23.5. The number of carboxylic acids is 1. The number of pyridine rings is 1. The highest BCUT2D eigenvalue weighted by atomic mass is 16.4. The van der Waals surface area contributed by atoms with Crippen LogP contribution in [0.3, 0.4) is 0 Å². The Hall–Kier alpha value is -2.76. The summed E-state index contributed by atoms with van der Waals surface area (Å²) in [5.41, 5.74) is 3.73. The molecular weight excluding hydrogens is 378 g/mol. The molecule has 6 nitrogen and oxygen atoms in total. The van der Waals surface area contributed by atoms with E-state index >= 15 is 0 Å². The van der Waals surface area contributed by atoms with Gasteiger partial charge in [-0.25, -0.2) is 0 Å². The van der Waals surface area contributed by atoms with Crippen molar-refractivity contribution in [2.24, 2.45) is 18.9 Å². The van der Waals surface area contributed by atoms with Gasteiger partial charge in [0.1, 0.15) is 0 Å². The fourth-order valence-electron chi connectivity index (χ4n) is 3.59. The number of nitrogens with zero attached hydrogens (tertiary/aromatic N) is 2. The lowest BCUT2D eigenvalue weighted by molar-refractivity contribution is -0.137. The Morgan fingerprint density at radius 3 is 2.23 bits per heavy atom. The van der Waals surface area contributed by atoms with Gasteiger partial charge < -0.3 is 19.9 Å². The van der Waals surface area contributed by atoms with E-state index in [0.717, 1.165) is 35.7 Å². The average molecular weight is 414 g/mol. The normalized spacial score (nSPS) is 12.3. The van der Waals surface area contributed by atoms with E-state index < -0.39 is 5.97 Å². The lowest BCUT2D eigenvalue weighted by atomic mass is 9.96. The third kappa shape index (κ3) is 6.65. The zero-order valence-electron chi connectivity index (χ0n) is 19.0. The van der Waals surface area contributed by atoms with Gasteiger partial charge in [-0.3, -0.25) is 9.59 Å². The van der Waals surface area contributed by atoms with Crippen LogP contribution in [0, 0.1) is 11.8 Å². The van der Waals surface area contributed by atoms with Crippen molar-refractivity contribution in [2.75, 3.05) is 23.3 Å². The summed E-state index contributed by atoms with van der Waals surface area (Å²) >= 11 is 0. The smallest absolute Gasteiger partial charge is 0.303 e. The molecule has 1 heterocycles. The molecule has 0 aliphatic rings. The van der Waals surface area contributed by atoms with Crippen molar-refractivity contribution in [3.8, 4) is 0 Å². The number of aryl methyl sites for hydroxylation is 1. The molecule has 0 aliphatic carbocycles. The second-order valence-corrected chi connectivity index (χ2v) is 8.96. The number of rotatable bonds is 10. The van der Waals surface area contributed by atoms with Gasteiger partial charge >= 0.3 is 5.97 Å². The Kier molecular flexibility index (Phi) is 8.09. The highest BCUT2D eigenvalue weighted by Gasteiger charge is 2.18. The molecule has 0 fully saturated rings. The largest absolute Gasteiger partial charge is 0.481 e. The summed E-state index contributed by atoms with van der Waals surface area (Å²) in [6.07, 6.45) is 1.86. The minimum absolute atomic E-state index is 0.0640. The molecule has 1 aromatic carbocycles. The first-order valence-electron chi connectivity index (χ1n) is 10.6. The van der Waals surface area contributed by atoms with Gasteiger partial charge in [-0.05, 0) is 41.5 Å². The number of hydrogen-bond donors (Lipinski definition) is 2. The van der Waals surface area contributed by atoms with E-state index in [2.05, 4.69) is 44.0 Å². The molecule has 2 aromatic rings. The van der Waals surface area contributed by atoms with E-state index in [1.165, 1.54) is 0 Å². The summed E-state index contributed by atoms with van der Waals surface area (Å²) in [5.74, 6) is 0.0979. The monoisotopic (exact) mass is 413 g/mol. The maximum atomic E-state index is 11.8. The van der Waals surface area contributed by atoms with Crippen molar-refractivity contribution >= 4 is 23.0 Å². The Morgan fingerprint density at radius 2 is 1.70 bits per heavy atom. The molecule has 0 bridgehead atoms. The fraction of sp³-hybridized carbons (Fsp3) is 0.500. The van der Waals surface area contributed by atoms with Crippen LogP contribution < -0.4 is 15.8 Å². The van der Waals surface area contributed by atoms with E-state index in [4.69, 9.17) is 0 Å². The highest BCUT2D eigenvalue weighted by Crippen LogP contribution is 2.34. The van der Waals surface area contributed by atoms with Gasteiger partial charge in [-0.2, -0.15) is 0 Å². The number of benzene rings is 1. The van der Waals surface area contributed by atoms with Crippen LogP contribution in [0.2, 0.25) is 0 Å². The van der Waals surface area contributed by atoms with Gasteiger partial charge in [-0.1, -0.05) is 40.7 Å². The quantitative estimate of drug-likeness (QED) is 0.584. The maximum absolute atomic E-state index is 11.8. The van der Waals surface area contributed by atoms with Crippen LogP contribution in [0.5, 0.6) is 0 Å². The van der Waals surface area contributed by atoms with Gasteiger partial charge in [0.15, 0.2) is 0 Å². The molecule has 1 aromatic heterocycles. The molecule has 6 heteroatoms. The SMILES string of the molecule is CC(C)CN(CC(C)C)c1ccc(C(C)CC(=O)O)cc1Nc1ccc(=O)n(C)c1. The summed E-state index contributed by atoms with van der Waals surface area (Å²) in [6, 6.07) is 9.47. The average Bonchev–Trinajstić information content (AvgIpc) is 2.63. The molecule has 0 spiro atoms. The molecule has 0 saturated heterocycles. The van der Waals surface area contributed by atoms with Gasteiger partial charge in [0.25, 0.3) is 0 Å². The fourth-order valence-corrected chi connectivity index (χ4v) is 3.59. The number of nitrogens with one attached hydrogen (secondary N) is 1. The van der Waals surface area contributed by atoms with Crippen molar-refractivity contribution in [3.63, 3.8) is 0 Å². The number of anilines is 3. The highest BCUT2D eigenvalue weighted by molar-refractivity contribution is 5.76. The topological polar surface area (TPSA) is 74.6 Å². The van der Waals surface area contributed by atoms with Gasteiger partial charge in [0.05, 0.1) is 23.5 Å². The lowest BCUT2D eigenvalue weighted by Gasteiger charge is -2.31. The van der Waals surface area contributed by atoms with Crippen LogP contribution in [0.1, 0.15) is 52.5 Å². The van der Waals surface area contributed by atoms with Gasteiger partial charge in [-0.15, -0.1) is 0 Å². The number of aromatic nitrogens is 1. The van der Waals surface area contributed by atoms with Crippen LogP contribution in [-0.2, 0) is 11.8 Å². The summed E-state index contributed by atoms with van der Waals surface area (Å²) in [6.45, 7) is 12.6. The van der Waals surface area contributed by atoms with E-state index in [0.29, 0.717) is 11.8 Å². The number of carboxylic acid groups (broad SMARTS) is 1. The van der Waals surface area contributed by atoms with Gasteiger partial charge in [0, 0.05) is 32.4 Å². The lowest BCUT2D eigenvalue weighted by Crippen LogP contribution is -2.31. The molecule has 164 valence electrons. The van der Waals surface area contributed by atoms with Crippen LogP contribution in [-0.4, -0.2) is 28.7 Å². The minimum atomic E-state index is -0.805. The zero-order chi connectivity index (χ0) is 22.4. The predicted octanol–water partition coefficient (Wildman–Crippen LogP) is 4.83. The molecule has 2 N–H and O–H groups in total. The molecule has 1 atom stereocenters. The van der Waals surface area contributed by atoms with Crippen molar-refractivity contribution < 1.29 is 9.90 Å². The third-order valence-electron chi connectivity index (χ3n) is 4.95. The first-order valence-corrected chi connectivity index (χ1v) is 10.6. The summed E-state index contributed by atoms with van der Waals surface area (Å²) in [5, 5.41) is 12.7. The maximum Gasteiger partial charge on any atom is 0.303 e. The molecule has 0 amide bonds. The van der Waals surface area contributed by atoms with Crippen molar-refractivity contribution in [1.29, 1.82) is 0 Å². The summed E-state index contributed by atoms with van der Waals surface area (Å²) in [4.78, 5) is 25.3. The Morgan fingerprint density at radius 1 is 1.07 bits per heavy atom. The van der Waals surface area contributed by atoms with Crippen LogP contribution in [0.15, 0.2) is 41.3 Å². The van der Waals surface area contributed by atoms with E-state index in [1.54, 1.807) is 29.9 Å². The second kappa shape index (κ2) is 10.3. The van der Waals surface area contributed by atoms with Crippen LogP contribution >= 0.6 is 0 Å². The zero-order valence-corrected chi connectivity index (χ0v) is 19.0. The number of aliphatic carboxylic acids is 1. The van der Waals surface area contributed by atoms with E-state index in [9.17, 15) is 14.7 Å². The van der Waals surface area contributed by atoms with Crippen molar-refractivity contribution in [1.82, 2.24) is 4.57 Å². The standard InChI is InChI=1S/C24H35N3O3/c1-16(2)13-27(14-17(3)4)22-9-7-19(18(5)11-24(29)30)12-21(22)25-20-8-10-23(28)26(6)15-20/h7-10,12,15-18,25H,11,13-14H2,1-6H3,(H,29,30). The Bertz CT molecular complexity index is 908. The molecule has 1 unspecified atom stereocenters. The molecule has 2 rings (SSSR count). The minimum Gasteiger partial charge on any atom is -0.481 e. The predicted molar refractivity (Wildman–Crippen MR) is 124 cm³/mol. The second-order valence-electron chi connectivity index (χ2n) is 8.96. The van der Waals surface area contributed by atoms with Crippen LogP contribution in [0.4, 0.5) is 17.1 Å². The summed E-state index contributed by atoms with van der Waals surface area (Å²) < 4.78 is 1.54. The number of hydrogen-bond acceptors (Lipinski definition) is 4. The molecule has 0 aliphatic heterocycles. The first-order chi connectivity index (χ1) is 14.1. The summed E-state index contributed by atoms with van der Waals surface area (Å²) in [7, 11) is 1.73. The molecule has 0 radical (unpaired) electrons. The number of carbonyl (C=O) groups is 1. The third-order valence-corrected chi connectivity index (χ3v) is 4.95. The Balaban J connectivity index is 2.51. The van der Waals surface area contributed by atoms with E-state index in [1.807, 2.05) is 19.1 Å². The van der Waals surface area contributed by atoms with Crippen molar-refractivity contribution in [3.05, 3.63) is 52.4 Å². The van der Waals surface area contributed by atoms with E-state index in [-0.39, 0.29) is 17.9 Å². The molecule has 0 saturated carbocycles. The van der Waals surface area contributed by atoms with Crippen LogP contribution in [0.25, 0.3) is 0 Å². The molecular formula is C24H35N3O3. The molecule has 30 heavy (non-hydrogen) atoms. The Labute approximate surface area is 179 Å². The van der Waals surface area contributed by atoms with Gasteiger partial charge in [0.2, 0.25) is 5.56 Å². The van der Waals surface area contributed by atoms with Crippen molar-refractivity contribution in [2.45, 2.75) is 47.0 Å².